The summed E-state index contributed by atoms with van der Waals surface area (Å²) in [5.41, 5.74) is 5.87. The summed E-state index contributed by atoms with van der Waals surface area (Å²) < 4.78 is 0. The van der Waals surface area contributed by atoms with Gasteiger partial charge in [0, 0.05) is 6.04 Å². The van der Waals surface area contributed by atoms with Gasteiger partial charge in [0.2, 0.25) is 0 Å². The van der Waals surface area contributed by atoms with E-state index in [2.05, 4.69) is 52.2 Å². The van der Waals surface area contributed by atoms with E-state index in [0.29, 0.717) is 6.04 Å². The van der Waals surface area contributed by atoms with Gasteiger partial charge in [-0.2, -0.15) is 0 Å². The molecule has 1 aromatic carbocycles. The van der Waals surface area contributed by atoms with Crippen LogP contribution in [0.1, 0.15) is 48.4 Å². The fourth-order valence-electron chi connectivity index (χ4n) is 3.99. The fourth-order valence-corrected chi connectivity index (χ4v) is 3.99. The second-order valence-corrected chi connectivity index (χ2v) is 6.55. The number of benzene rings is 1. The maximum Gasteiger partial charge on any atom is 0.0135 e. The van der Waals surface area contributed by atoms with Gasteiger partial charge in [0.15, 0.2) is 0 Å². The zero-order valence-electron chi connectivity index (χ0n) is 13.2. The highest BCUT2D eigenvalue weighted by molar-refractivity contribution is 5.38. The van der Waals surface area contributed by atoms with Crippen molar-refractivity contribution in [3.8, 4) is 0 Å². The first-order valence-corrected chi connectivity index (χ1v) is 7.77. The zero-order chi connectivity index (χ0) is 14.0. The minimum atomic E-state index is 0.637. The van der Waals surface area contributed by atoms with Crippen LogP contribution in [0.5, 0.6) is 0 Å². The largest absolute Gasteiger partial charge is 0.316 e. The van der Waals surface area contributed by atoms with Gasteiger partial charge in [-0.25, -0.2) is 0 Å². The molecule has 1 heteroatoms. The molecule has 106 valence electrons. The lowest BCUT2D eigenvalue weighted by Crippen LogP contribution is -2.37. The molecule has 0 bridgehead atoms. The van der Waals surface area contributed by atoms with Crippen molar-refractivity contribution in [2.45, 2.75) is 59.4 Å². The van der Waals surface area contributed by atoms with Crippen molar-refractivity contribution in [1.29, 1.82) is 0 Å². The predicted molar refractivity (Wildman–Crippen MR) is 83.7 cm³/mol. The molecule has 0 heterocycles. The molecule has 0 amide bonds. The normalized spacial score (nSPS) is 24.7. The van der Waals surface area contributed by atoms with Crippen LogP contribution >= 0.6 is 0 Å². The van der Waals surface area contributed by atoms with E-state index in [1.165, 1.54) is 42.4 Å². The van der Waals surface area contributed by atoms with Gasteiger partial charge in [-0.05, 0) is 69.2 Å². The van der Waals surface area contributed by atoms with Crippen LogP contribution in [0.4, 0.5) is 0 Å². The highest BCUT2D eigenvalue weighted by Crippen LogP contribution is 2.35. The lowest BCUT2D eigenvalue weighted by Gasteiger charge is -2.28. The molecule has 1 N–H and O–H groups in total. The average Bonchev–Trinajstić information content (AvgIpc) is 2.75. The smallest absolute Gasteiger partial charge is 0.0135 e. The Bertz CT molecular complexity index is 412. The Morgan fingerprint density at radius 3 is 2.26 bits per heavy atom. The fraction of sp³-hybridized carbons (Fsp3) is 0.667. The third kappa shape index (κ3) is 3.20. The molecule has 0 radical (unpaired) electrons. The Hall–Kier alpha value is -0.820. The molecule has 3 unspecified atom stereocenters. The van der Waals surface area contributed by atoms with Crippen molar-refractivity contribution in [3.05, 3.63) is 34.4 Å². The zero-order valence-corrected chi connectivity index (χ0v) is 13.2. The number of nitrogens with one attached hydrogen (secondary N) is 1. The van der Waals surface area contributed by atoms with Crippen molar-refractivity contribution < 1.29 is 0 Å². The van der Waals surface area contributed by atoms with Gasteiger partial charge in [0.05, 0.1) is 0 Å². The van der Waals surface area contributed by atoms with E-state index in [1.807, 2.05) is 0 Å². The first-order chi connectivity index (χ1) is 9.02. The monoisotopic (exact) mass is 259 g/mol. The quantitative estimate of drug-likeness (QED) is 0.855. The topological polar surface area (TPSA) is 12.0 Å². The maximum absolute atomic E-state index is 3.59. The van der Waals surface area contributed by atoms with E-state index in [0.717, 1.165) is 11.8 Å². The van der Waals surface area contributed by atoms with E-state index in [-0.39, 0.29) is 0 Å². The van der Waals surface area contributed by atoms with Crippen LogP contribution in [-0.2, 0) is 6.42 Å². The highest BCUT2D eigenvalue weighted by Gasteiger charge is 2.30. The molecule has 1 saturated carbocycles. The van der Waals surface area contributed by atoms with Gasteiger partial charge in [0.25, 0.3) is 0 Å². The van der Waals surface area contributed by atoms with E-state index in [4.69, 9.17) is 0 Å². The first-order valence-electron chi connectivity index (χ1n) is 7.77. The number of rotatable bonds is 4. The molecule has 0 aromatic heterocycles. The van der Waals surface area contributed by atoms with Gasteiger partial charge < -0.3 is 5.32 Å². The minimum absolute atomic E-state index is 0.637. The standard InChI is InChI=1S/C18H29N/c1-12-9-14(3)17(15(4)10-12)11-18(19-5)16-8-6-7-13(16)2/h9-10,13,16,18-19H,6-8,11H2,1-5H3. The predicted octanol–water partition coefficient (Wildman–Crippen LogP) is 4.18. The van der Waals surface area contributed by atoms with Crippen molar-refractivity contribution in [2.75, 3.05) is 7.05 Å². The minimum Gasteiger partial charge on any atom is -0.316 e. The molecule has 3 atom stereocenters. The summed E-state index contributed by atoms with van der Waals surface area (Å²) in [7, 11) is 2.13. The van der Waals surface area contributed by atoms with Crippen LogP contribution in [-0.4, -0.2) is 13.1 Å². The van der Waals surface area contributed by atoms with E-state index >= 15 is 0 Å². The van der Waals surface area contributed by atoms with Gasteiger partial charge >= 0.3 is 0 Å². The van der Waals surface area contributed by atoms with E-state index in [1.54, 1.807) is 5.56 Å². The van der Waals surface area contributed by atoms with Crippen LogP contribution in [0.2, 0.25) is 0 Å². The summed E-state index contributed by atoms with van der Waals surface area (Å²) in [4.78, 5) is 0. The van der Waals surface area contributed by atoms with Crippen molar-refractivity contribution in [1.82, 2.24) is 5.32 Å². The molecule has 19 heavy (non-hydrogen) atoms. The summed E-state index contributed by atoms with van der Waals surface area (Å²) in [6.07, 6.45) is 5.41. The van der Waals surface area contributed by atoms with Crippen LogP contribution in [0.15, 0.2) is 12.1 Å². The van der Waals surface area contributed by atoms with Crippen molar-refractivity contribution in [2.24, 2.45) is 11.8 Å². The van der Waals surface area contributed by atoms with Crippen LogP contribution in [0.25, 0.3) is 0 Å². The molecule has 2 rings (SSSR count). The summed E-state index contributed by atoms with van der Waals surface area (Å²) >= 11 is 0. The third-order valence-corrected chi connectivity index (χ3v) is 5.08. The molecule has 1 aliphatic carbocycles. The number of hydrogen-bond acceptors (Lipinski definition) is 1. The summed E-state index contributed by atoms with van der Waals surface area (Å²) in [5.74, 6) is 1.73. The molecule has 1 aliphatic rings. The Kier molecular flexibility index (Phi) is 4.67. The van der Waals surface area contributed by atoms with E-state index in [9.17, 15) is 0 Å². The average molecular weight is 259 g/mol. The molecule has 0 aliphatic heterocycles. The van der Waals surface area contributed by atoms with Gasteiger partial charge in [-0.15, -0.1) is 0 Å². The summed E-state index contributed by atoms with van der Waals surface area (Å²) in [6.45, 7) is 9.15. The second kappa shape index (κ2) is 6.09. The Balaban J connectivity index is 2.19. The molecule has 0 spiro atoms. The second-order valence-electron chi connectivity index (χ2n) is 6.55. The summed E-state index contributed by atoms with van der Waals surface area (Å²) in [6, 6.07) is 5.29. The summed E-state index contributed by atoms with van der Waals surface area (Å²) in [5, 5.41) is 3.59. The number of likely N-dealkylation sites (N-methyl/N-ethyl adjacent to an activating group) is 1. The molecular formula is C18H29N. The number of aryl methyl sites for hydroxylation is 3. The maximum atomic E-state index is 3.59. The SMILES string of the molecule is CNC(Cc1c(C)cc(C)cc1C)C1CCCC1C. The van der Waals surface area contributed by atoms with Gasteiger partial charge in [-0.1, -0.05) is 37.5 Å². The Morgan fingerprint density at radius 2 is 1.79 bits per heavy atom. The first kappa shape index (κ1) is 14.6. The van der Waals surface area contributed by atoms with Gasteiger partial charge in [-0.3, -0.25) is 0 Å². The van der Waals surface area contributed by atoms with Gasteiger partial charge in [0.1, 0.15) is 0 Å². The number of hydrogen-bond donors (Lipinski definition) is 1. The molecule has 1 fully saturated rings. The molecule has 1 aromatic rings. The van der Waals surface area contributed by atoms with Crippen molar-refractivity contribution in [3.63, 3.8) is 0 Å². The Labute approximate surface area is 118 Å². The Morgan fingerprint density at radius 1 is 1.16 bits per heavy atom. The molecule has 1 nitrogen and oxygen atoms in total. The highest BCUT2D eigenvalue weighted by atomic mass is 14.9. The van der Waals surface area contributed by atoms with Crippen LogP contribution in [0, 0.1) is 32.6 Å². The van der Waals surface area contributed by atoms with Crippen LogP contribution in [0.3, 0.4) is 0 Å². The molecular weight excluding hydrogens is 230 g/mol. The van der Waals surface area contributed by atoms with E-state index < -0.39 is 0 Å². The lowest BCUT2D eigenvalue weighted by atomic mass is 9.84. The lowest BCUT2D eigenvalue weighted by molar-refractivity contribution is 0.307. The molecule has 0 saturated heterocycles. The third-order valence-electron chi connectivity index (χ3n) is 5.08. The van der Waals surface area contributed by atoms with Crippen molar-refractivity contribution >= 4 is 0 Å². The van der Waals surface area contributed by atoms with Crippen LogP contribution < -0.4 is 5.32 Å².